The van der Waals surface area contributed by atoms with Gasteiger partial charge in [-0.3, -0.25) is 9.18 Å². The molecule has 0 aromatic heterocycles. The van der Waals surface area contributed by atoms with E-state index < -0.39 is 18.6 Å². The van der Waals surface area contributed by atoms with Gasteiger partial charge in [0.1, 0.15) is 0 Å². The third-order valence-corrected chi connectivity index (χ3v) is 1.01. The summed E-state index contributed by atoms with van der Waals surface area (Å²) in [6, 6.07) is -0.680. The van der Waals surface area contributed by atoms with Gasteiger partial charge in [0.2, 0.25) is 5.91 Å². The Bertz CT molecular complexity index is 97.0. The zero-order chi connectivity index (χ0) is 7.28. The second kappa shape index (κ2) is 4.26. The Hall–Kier alpha value is -0.640. The van der Waals surface area contributed by atoms with Gasteiger partial charge in [-0.15, -0.1) is 0 Å². The summed E-state index contributed by atoms with van der Waals surface area (Å²) >= 11 is 0. The molecule has 0 bridgehead atoms. The number of rotatable bonds is 4. The van der Waals surface area contributed by atoms with E-state index in [1.807, 2.05) is 0 Å². The maximum atomic E-state index is 11.4. The van der Waals surface area contributed by atoms with Crippen LogP contribution in [0.5, 0.6) is 0 Å². The normalized spacial score (nSPS) is 13.1. The summed E-state index contributed by atoms with van der Waals surface area (Å²) in [4.78, 5) is 10.2. The van der Waals surface area contributed by atoms with E-state index in [1.165, 1.54) is 0 Å². The van der Waals surface area contributed by atoms with Crippen molar-refractivity contribution in [2.75, 3.05) is 6.67 Å². The van der Waals surface area contributed by atoms with Gasteiger partial charge >= 0.3 is 0 Å². The molecule has 1 unspecified atom stereocenters. The van der Waals surface area contributed by atoms with Crippen LogP contribution in [-0.2, 0) is 4.79 Å². The van der Waals surface area contributed by atoms with E-state index >= 15 is 0 Å². The Labute approximate surface area is 53.2 Å². The molecule has 0 aliphatic heterocycles. The summed E-state index contributed by atoms with van der Waals surface area (Å²) < 4.78 is 11.4. The van der Waals surface area contributed by atoms with Crippen molar-refractivity contribution in [3.05, 3.63) is 0 Å². The lowest BCUT2D eigenvalue weighted by Gasteiger charge is -2.02. The number of hydrogen-bond acceptors (Lipinski definition) is 2. The van der Waals surface area contributed by atoms with Gasteiger partial charge in [-0.05, 0) is 12.8 Å². The first kappa shape index (κ1) is 8.36. The Morgan fingerprint density at radius 2 is 2.22 bits per heavy atom. The topological polar surface area (TPSA) is 69.1 Å². The molecule has 0 aromatic rings. The minimum absolute atomic E-state index is 0.310. The van der Waals surface area contributed by atoms with E-state index in [2.05, 4.69) is 0 Å². The molecule has 0 aliphatic rings. The smallest absolute Gasteiger partial charge is 0.234 e. The lowest BCUT2D eigenvalue weighted by Crippen LogP contribution is -2.36. The van der Waals surface area contributed by atoms with Crippen LogP contribution in [0.4, 0.5) is 4.39 Å². The van der Waals surface area contributed by atoms with Crippen molar-refractivity contribution in [2.24, 2.45) is 11.5 Å². The summed E-state index contributed by atoms with van der Waals surface area (Å²) in [7, 11) is 0. The predicted molar refractivity (Wildman–Crippen MR) is 32.4 cm³/mol. The summed E-state index contributed by atoms with van der Waals surface area (Å²) in [6.07, 6.45) is 0.649. The van der Waals surface area contributed by atoms with Crippen molar-refractivity contribution in [3.8, 4) is 0 Å². The first-order chi connectivity index (χ1) is 4.18. The highest BCUT2D eigenvalue weighted by Crippen LogP contribution is 1.92. The minimum Gasteiger partial charge on any atom is -0.368 e. The molecule has 0 saturated heterocycles. The highest BCUT2D eigenvalue weighted by atomic mass is 19.1. The average Bonchev–Trinajstić information content (AvgIpc) is 1.82. The average molecular weight is 134 g/mol. The van der Waals surface area contributed by atoms with E-state index in [0.29, 0.717) is 12.8 Å². The second-order valence-corrected chi connectivity index (χ2v) is 1.84. The van der Waals surface area contributed by atoms with Crippen molar-refractivity contribution in [1.29, 1.82) is 0 Å². The van der Waals surface area contributed by atoms with E-state index in [4.69, 9.17) is 11.5 Å². The molecule has 0 rings (SSSR count). The van der Waals surface area contributed by atoms with E-state index in [0.717, 1.165) is 0 Å². The third kappa shape index (κ3) is 3.90. The number of carbonyl (C=O) groups is 1. The molecule has 4 N–H and O–H groups in total. The minimum atomic E-state index is -0.680. The van der Waals surface area contributed by atoms with E-state index in [9.17, 15) is 9.18 Å². The van der Waals surface area contributed by atoms with Crippen molar-refractivity contribution in [3.63, 3.8) is 0 Å². The summed E-state index contributed by atoms with van der Waals surface area (Å²) in [5, 5.41) is 0. The predicted octanol–water partition coefficient (Wildman–Crippen LogP) is -0.451. The van der Waals surface area contributed by atoms with Crippen molar-refractivity contribution in [2.45, 2.75) is 18.9 Å². The number of primary amides is 1. The third-order valence-electron chi connectivity index (χ3n) is 1.01. The number of alkyl halides is 1. The van der Waals surface area contributed by atoms with Gasteiger partial charge < -0.3 is 11.5 Å². The fraction of sp³-hybridized carbons (Fsp3) is 0.800. The van der Waals surface area contributed by atoms with Gasteiger partial charge in [0.25, 0.3) is 0 Å². The molecule has 0 fully saturated rings. The van der Waals surface area contributed by atoms with Crippen LogP contribution in [-0.4, -0.2) is 18.6 Å². The maximum absolute atomic E-state index is 11.4. The maximum Gasteiger partial charge on any atom is 0.234 e. The standard InChI is InChI=1S/C5H11FN2O/c6-3-1-2-4(7)5(8)9/h4H,1-3,7H2,(H2,8,9). The quantitative estimate of drug-likeness (QED) is 0.546. The molecule has 3 nitrogen and oxygen atoms in total. The van der Waals surface area contributed by atoms with Gasteiger partial charge in [0, 0.05) is 0 Å². The fourth-order valence-electron chi connectivity index (χ4n) is 0.439. The molecule has 0 radical (unpaired) electrons. The number of hydrogen-bond donors (Lipinski definition) is 2. The van der Waals surface area contributed by atoms with Crippen LogP contribution in [0.1, 0.15) is 12.8 Å². The van der Waals surface area contributed by atoms with Crippen LogP contribution in [0, 0.1) is 0 Å². The zero-order valence-corrected chi connectivity index (χ0v) is 5.14. The monoisotopic (exact) mass is 134 g/mol. The fourth-order valence-corrected chi connectivity index (χ4v) is 0.439. The largest absolute Gasteiger partial charge is 0.368 e. The molecule has 0 aliphatic carbocycles. The molecule has 0 heterocycles. The van der Waals surface area contributed by atoms with Gasteiger partial charge in [-0.1, -0.05) is 0 Å². The molecular formula is C5H11FN2O. The Kier molecular flexibility index (Phi) is 3.96. The van der Waals surface area contributed by atoms with Crippen molar-refractivity contribution < 1.29 is 9.18 Å². The zero-order valence-electron chi connectivity index (χ0n) is 5.14. The molecule has 54 valence electrons. The molecule has 1 amide bonds. The Morgan fingerprint density at radius 1 is 1.67 bits per heavy atom. The molecular weight excluding hydrogens is 123 g/mol. The van der Waals surface area contributed by atoms with Gasteiger partial charge in [-0.2, -0.15) is 0 Å². The highest BCUT2D eigenvalue weighted by Gasteiger charge is 2.06. The molecule has 9 heavy (non-hydrogen) atoms. The molecule has 0 spiro atoms. The van der Waals surface area contributed by atoms with Crippen LogP contribution in [0.2, 0.25) is 0 Å². The van der Waals surface area contributed by atoms with Crippen molar-refractivity contribution in [1.82, 2.24) is 0 Å². The van der Waals surface area contributed by atoms with Crippen LogP contribution in [0.3, 0.4) is 0 Å². The van der Waals surface area contributed by atoms with Crippen LogP contribution in [0.15, 0.2) is 0 Å². The molecule has 1 atom stereocenters. The Balaban J connectivity index is 3.27. The van der Waals surface area contributed by atoms with Crippen LogP contribution < -0.4 is 11.5 Å². The second-order valence-electron chi connectivity index (χ2n) is 1.84. The first-order valence-electron chi connectivity index (χ1n) is 2.79. The molecule has 0 saturated carbocycles. The van der Waals surface area contributed by atoms with Gasteiger partial charge in [0.05, 0.1) is 12.7 Å². The molecule has 4 heteroatoms. The summed E-state index contributed by atoms with van der Waals surface area (Å²) in [5.41, 5.74) is 9.95. The molecule has 0 aromatic carbocycles. The van der Waals surface area contributed by atoms with E-state index in [-0.39, 0.29) is 0 Å². The van der Waals surface area contributed by atoms with Crippen LogP contribution in [0.25, 0.3) is 0 Å². The SMILES string of the molecule is NC(=O)C(N)CCCF. The first-order valence-corrected chi connectivity index (χ1v) is 2.79. The van der Waals surface area contributed by atoms with Crippen molar-refractivity contribution >= 4 is 5.91 Å². The van der Waals surface area contributed by atoms with Gasteiger partial charge in [-0.25, -0.2) is 0 Å². The number of halogens is 1. The lowest BCUT2D eigenvalue weighted by molar-refractivity contribution is -0.119. The highest BCUT2D eigenvalue weighted by molar-refractivity contribution is 5.79. The summed E-state index contributed by atoms with van der Waals surface area (Å²) in [6.45, 7) is -0.443. The van der Waals surface area contributed by atoms with Gasteiger partial charge in [0.15, 0.2) is 0 Å². The van der Waals surface area contributed by atoms with Crippen LogP contribution >= 0.6 is 0 Å². The van der Waals surface area contributed by atoms with E-state index in [1.54, 1.807) is 0 Å². The summed E-state index contributed by atoms with van der Waals surface area (Å²) in [5.74, 6) is -0.566. The number of carbonyl (C=O) groups excluding carboxylic acids is 1. The lowest BCUT2D eigenvalue weighted by atomic mass is 10.2. The number of nitrogens with two attached hydrogens (primary N) is 2. The Morgan fingerprint density at radius 3 is 2.56 bits per heavy atom. The number of amides is 1.